The van der Waals surface area contributed by atoms with Crippen molar-refractivity contribution in [3.8, 4) is 0 Å². The van der Waals surface area contributed by atoms with Crippen molar-refractivity contribution in [2.45, 2.75) is 12.8 Å². The zero-order chi connectivity index (χ0) is 9.97. The molecule has 0 aromatic heterocycles. The summed E-state index contributed by atoms with van der Waals surface area (Å²) in [5.74, 6) is 0.656. The normalized spacial score (nSPS) is 17.1. The maximum absolute atomic E-state index is 8.93. The molecular formula is C12H13ClO. The van der Waals surface area contributed by atoms with Crippen molar-refractivity contribution in [3.63, 3.8) is 0 Å². The summed E-state index contributed by atoms with van der Waals surface area (Å²) in [5, 5.41) is 9.68. The summed E-state index contributed by atoms with van der Waals surface area (Å²) in [7, 11) is 0. The van der Waals surface area contributed by atoms with Gasteiger partial charge in [0, 0.05) is 5.02 Å². The number of benzene rings is 1. The average molecular weight is 209 g/mol. The Bertz CT molecular complexity index is 336. The largest absolute Gasteiger partial charge is 0.392 e. The summed E-state index contributed by atoms with van der Waals surface area (Å²) in [6.45, 7) is 0.120. The Labute approximate surface area is 89.0 Å². The van der Waals surface area contributed by atoms with Gasteiger partial charge in [0.1, 0.15) is 0 Å². The number of rotatable bonds is 3. The molecule has 0 atom stereocenters. The van der Waals surface area contributed by atoms with Crippen molar-refractivity contribution in [3.05, 3.63) is 40.9 Å². The highest BCUT2D eigenvalue weighted by molar-refractivity contribution is 6.30. The molecule has 1 saturated carbocycles. The molecule has 0 radical (unpaired) electrons. The van der Waals surface area contributed by atoms with Crippen LogP contribution in [-0.2, 0) is 0 Å². The molecule has 1 aliphatic carbocycles. The van der Waals surface area contributed by atoms with Gasteiger partial charge in [0.25, 0.3) is 0 Å². The topological polar surface area (TPSA) is 20.2 Å². The van der Waals surface area contributed by atoms with Gasteiger partial charge < -0.3 is 5.11 Å². The molecule has 1 fully saturated rings. The fraction of sp³-hybridized carbons (Fsp3) is 0.333. The van der Waals surface area contributed by atoms with Crippen molar-refractivity contribution in [2.24, 2.45) is 5.92 Å². The molecule has 1 aromatic rings. The highest BCUT2D eigenvalue weighted by Gasteiger charge is 2.26. The Hall–Kier alpha value is -0.790. The highest BCUT2D eigenvalue weighted by Crippen LogP contribution is 2.41. The van der Waals surface area contributed by atoms with Crippen LogP contribution in [0.5, 0.6) is 0 Å². The van der Waals surface area contributed by atoms with Crippen LogP contribution in [0.2, 0.25) is 5.02 Å². The fourth-order valence-electron chi connectivity index (χ4n) is 1.66. The standard InChI is InChI=1S/C12H13ClO/c13-11-5-3-10(4-6-11)12(7-8-14)9-1-2-9/h3-7,9,14H,1-2,8H2/b12-7+. The predicted octanol–water partition coefficient (Wildman–Crippen LogP) is 3.13. The molecule has 0 amide bonds. The molecule has 2 rings (SSSR count). The molecule has 0 heterocycles. The molecule has 0 spiro atoms. The van der Waals surface area contributed by atoms with E-state index < -0.39 is 0 Å². The van der Waals surface area contributed by atoms with Crippen LogP contribution in [0.4, 0.5) is 0 Å². The summed E-state index contributed by atoms with van der Waals surface area (Å²) >= 11 is 5.82. The number of halogens is 1. The van der Waals surface area contributed by atoms with Gasteiger partial charge in [-0.2, -0.15) is 0 Å². The second-order valence-corrected chi connectivity index (χ2v) is 4.06. The molecule has 1 aliphatic rings. The lowest BCUT2D eigenvalue weighted by atomic mass is 10.0. The van der Waals surface area contributed by atoms with E-state index in [4.69, 9.17) is 16.7 Å². The van der Waals surface area contributed by atoms with E-state index in [-0.39, 0.29) is 6.61 Å². The van der Waals surface area contributed by atoms with Crippen LogP contribution in [0.3, 0.4) is 0 Å². The molecule has 0 unspecified atom stereocenters. The number of allylic oxidation sites excluding steroid dienone is 1. The summed E-state index contributed by atoms with van der Waals surface area (Å²) in [5.41, 5.74) is 2.45. The first-order valence-electron chi connectivity index (χ1n) is 4.88. The molecule has 1 aromatic carbocycles. The lowest BCUT2D eigenvalue weighted by Crippen LogP contribution is -1.88. The first-order chi connectivity index (χ1) is 6.81. The van der Waals surface area contributed by atoms with Crippen molar-refractivity contribution < 1.29 is 5.11 Å². The minimum atomic E-state index is 0.120. The third kappa shape index (κ3) is 2.17. The van der Waals surface area contributed by atoms with E-state index in [9.17, 15) is 0 Å². The number of aliphatic hydroxyl groups is 1. The molecule has 2 heteroatoms. The van der Waals surface area contributed by atoms with Gasteiger partial charge in [-0.3, -0.25) is 0 Å². The van der Waals surface area contributed by atoms with Crippen LogP contribution in [0.15, 0.2) is 30.3 Å². The molecule has 0 saturated heterocycles. The second kappa shape index (κ2) is 4.16. The molecule has 74 valence electrons. The molecule has 1 N–H and O–H groups in total. The minimum absolute atomic E-state index is 0.120. The average Bonchev–Trinajstić information content (AvgIpc) is 2.99. The van der Waals surface area contributed by atoms with Crippen molar-refractivity contribution in [2.75, 3.05) is 6.61 Å². The number of hydrogen-bond acceptors (Lipinski definition) is 1. The maximum Gasteiger partial charge on any atom is 0.0618 e. The minimum Gasteiger partial charge on any atom is -0.392 e. The van der Waals surface area contributed by atoms with Crippen molar-refractivity contribution >= 4 is 17.2 Å². The van der Waals surface area contributed by atoms with Crippen LogP contribution < -0.4 is 0 Å². The SMILES string of the molecule is OC/C=C(/c1ccc(Cl)cc1)C1CC1. The van der Waals surface area contributed by atoms with Crippen molar-refractivity contribution in [1.82, 2.24) is 0 Å². The first-order valence-corrected chi connectivity index (χ1v) is 5.26. The molecule has 0 bridgehead atoms. The molecule has 14 heavy (non-hydrogen) atoms. The summed E-state index contributed by atoms with van der Waals surface area (Å²) in [6, 6.07) is 7.82. The third-order valence-corrected chi connectivity index (χ3v) is 2.76. The van der Waals surface area contributed by atoms with E-state index >= 15 is 0 Å². The van der Waals surface area contributed by atoms with Gasteiger partial charge in [-0.25, -0.2) is 0 Å². The van der Waals surface area contributed by atoms with Gasteiger partial charge in [0.05, 0.1) is 6.61 Å². The van der Waals surface area contributed by atoms with Crippen LogP contribution in [-0.4, -0.2) is 11.7 Å². The van der Waals surface area contributed by atoms with E-state index in [0.29, 0.717) is 5.92 Å². The summed E-state index contributed by atoms with van der Waals surface area (Å²) in [6.07, 6.45) is 4.39. The quantitative estimate of drug-likeness (QED) is 0.809. The Kier molecular flexibility index (Phi) is 2.90. The van der Waals surface area contributed by atoms with E-state index in [0.717, 1.165) is 5.02 Å². The molecular weight excluding hydrogens is 196 g/mol. The van der Waals surface area contributed by atoms with Gasteiger partial charge in [-0.1, -0.05) is 29.8 Å². The monoisotopic (exact) mass is 208 g/mol. The van der Waals surface area contributed by atoms with E-state index in [1.165, 1.54) is 24.0 Å². The Morgan fingerprint density at radius 3 is 2.50 bits per heavy atom. The summed E-state index contributed by atoms with van der Waals surface area (Å²) in [4.78, 5) is 0. The van der Waals surface area contributed by atoms with Crippen LogP contribution in [0, 0.1) is 5.92 Å². The van der Waals surface area contributed by atoms with Crippen molar-refractivity contribution in [1.29, 1.82) is 0 Å². The van der Waals surface area contributed by atoms with E-state index in [1.54, 1.807) is 0 Å². The number of hydrogen-bond donors (Lipinski definition) is 1. The predicted molar refractivity (Wildman–Crippen MR) is 59.2 cm³/mol. The van der Waals surface area contributed by atoms with Gasteiger partial charge in [0.15, 0.2) is 0 Å². The van der Waals surface area contributed by atoms with Crippen LogP contribution in [0.1, 0.15) is 18.4 Å². The lowest BCUT2D eigenvalue weighted by Gasteiger charge is -2.05. The Morgan fingerprint density at radius 1 is 1.36 bits per heavy atom. The zero-order valence-electron chi connectivity index (χ0n) is 7.91. The zero-order valence-corrected chi connectivity index (χ0v) is 8.67. The first kappa shape index (κ1) is 9.75. The third-order valence-electron chi connectivity index (χ3n) is 2.51. The smallest absolute Gasteiger partial charge is 0.0618 e. The molecule has 1 nitrogen and oxygen atoms in total. The maximum atomic E-state index is 8.93. The Morgan fingerprint density at radius 2 is 2.00 bits per heavy atom. The Balaban J connectivity index is 2.26. The van der Waals surface area contributed by atoms with Gasteiger partial charge >= 0.3 is 0 Å². The van der Waals surface area contributed by atoms with Gasteiger partial charge in [-0.15, -0.1) is 0 Å². The van der Waals surface area contributed by atoms with Gasteiger partial charge in [-0.05, 0) is 42.0 Å². The van der Waals surface area contributed by atoms with Crippen LogP contribution >= 0.6 is 11.6 Å². The summed E-state index contributed by atoms with van der Waals surface area (Å²) < 4.78 is 0. The van der Waals surface area contributed by atoms with E-state index in [2.05, 4.69) is 0 Å². The number of aliphatic hydroxyl groups excluding tert-OH is 1. The molecule has 0 aliphatic heterocycles. The van der Waals surface area contributed by atoms with Gasteiger partial charge in [0.2, 0.25) is 0 Å². The second-order valence-electron chi connectivity index (χ2n) is 3.62. The lowest BCUT2D eigenvalue weighted by molar-refractivity contribution is 0.343. The van der Waals surface area contributed by atoms with E-state index in [1.807, 2.05) is 30.3 Å². The fourth-order valence-corrected chi connectivity index (χ4v) is 1.78. The van der Waals surface area contributed by atoms with Crippen LogP contribution in [0.25, 0.3) is 5.57 Å². The highest BCUT2D eigenvalue weighted by atomic mass is 35.5.